The lowest BCUT2D eigenvalue weighted by atomic mass is 9.99. The van der Waals surface area contributed by atoms with Crippen molar-refractivity contribution in [1.29, 1.82) is 0 Å². The van der Waals surface area contributed by atoms with Crippen LogP contribution in [-0.2, 0) is 0 Å². The highest BCUT2D eigenvalue weighted by molar-refractivity contribution is 6.31. The smallest absolute Gasteiger partial charge is 0.249 e. The van der Waals surface area contributed by atoms with Gasteiger partial charge in [-0.3, -0.25) is 4.79 Å². The summed E-state index contributed by atoms with van der Waals surface area (Å²) < 4.78 is 0. The van der Waals surface area contributed by atoms with E-state index in [2.05, 4.69) is 0 Å². The van der Waals surface area contributed by atoms with E-state index in [-0.39, 0.29) is 5.75 Å². The fourth-order valence-electron chi connectivity index (χ4n) is 1.65. The van der Waals surface area contributed by atoms with Crippen LogP contribution in [0.15, 0.2) is 42.5 Å². The minimum absolute atomic E-state index is 0.132. The van der Waals surface area contributed by atoms with Crippen molar-refractivity contribution in [2.24, 2.45) is 5.73 Å². The Labute approximate surface area is 103 Å². The van der Waals surface area contributed by atoms with Crippen molar-refractivity contribution in [1.82, 2.24) is 0 Å². The summed E-state index contributed by atoms with van der Waals surface area (Å²) in [6.45, 7) is 0. The number of hydrogen-bond acceptors (Lipinski definition) is 2. The van der Waals surface area contributed by atoms with Gasteiger partial charge in [-0.25, -0.2) is 0 Å². The Hall–Kier alpha value is -2.00. The van der Waals surface area contributed by atoms with Crippen molar-refractivity contribution in [3.05, 3.63) is 53.1 Å². The summed E-state index contributed by atoms with van der Waals surface area (Å²) in [4.78, 5) is 11.3. The zero-order chi connectivity index (χ0) is 12.4. The van der Waals surface area contributed by atoms with Crippen LogP contribution in [0.1, 0.15) is 10.4 Å². The van der Waals surface area contributed by atoms with Gasteiger partial charge in [-0.1, -0.05) is 29.8 Å². The number of primary amides is 1. The van der Waals surface area contributed by atoms with Crippen molar-refractivity contribution in [3.63, 3.8) is 0 Å². The maximum Gasteiger partial charge on any atom is 0.249 e. The van der Waals surface area contributed by atoms with Gasteiger partial charge in [0.1, 0.15) is 5.75 Å². The predicted molar refractivity (Wildman–Crippen MR) is 67.1 cm³/mol. The maximum atomic E-state index is 11.3. The molecule has 4 heteroatoms. The maximum absolute atomic E-state index is 11.3. The van der Waals surface area contributed by atoms with Crippen molar-refractivity contribution < 1.29 is 9.90 Å². The highest BCUT2D eigenvalue weighted by Gasteiger charge is 2.10. The SMILES string of the molecule is NC(=O)c1cc(Cl)ccc1-c1cccc(O)c1. The molecule has 2 aromatic carbocycles. The minimum Gasteiger partial charge on any atom is -0.508 e. The summed E-state index contributed by atoms with van der Waals surface area (Å²) in [5.41, 5.74) is 7.00. The molecule has 0 fully saturated rings. The second-order valence-electron chi connectivity index (χ2n) is 3.60. The number of rotatable bonds is 2. The molecule has 0 bridgehead atoms. The van der Waals surface area contributed by atoms with Gasteiger partial charge in [-0.2, -0.15) is 0 Å². The van der Waals surface area contributed by atoms with E-state index in [0.29, 0.717) is 16.1 Å². The van der Waals surface area contributed by atoms with Crippen LogP contribution in [0.3, 0.4) is 0 Å². The molecule has 0 aromatic heterocycles. The van der Waals surface area contributed by atoms with Crippen molar-refractivity contribution in [2.45, 2.75) is 0 Å². The molecule has 3 nitrogen and oxygen atoms in total. The number of carbonyl (C=O) groups excluding carboxylic acids is 1. The van der Waals surface area contributed by atoms with Gasteiger partial charge in [-0.05, 0) is 35.4 Å². The van der Waals surface area contributed by atoms with Crippen LogP contribution in [0.4, 0.5) is 0 Å². The molecule has 0 saturated carbocycles. The highest BCUT2D eigenvalue weighted by atomic mass is 35.5. The predicted octanol–water partition coefficient (Wildman–Crippen LogP) is 2.81. The molecule has 0 saturated heterocycles. The summed E-state index contributed by atoms with van der Waals surface area (Å²) in [5.74, 6) is -0.418. The number of phenols is 1. The lowest BCUT2D eigenvalue weighted by molar-refractivity contribution is 0.100. The van der Waals surface area contributed by atoms with Gasteiger partial charge >= 0.3 is 0 Å². The van der Waals surface area contributed by atoms with Gasteiger partial charge in [0.15, 0.2) is 0 Å². The molecule has 0 atom stereocenters. The Morgan fingerprint density at radius 3 is 2.59 bits per heavy atom. The highest BCUT2D eigenvalue weighted by Crippen LogP contribution is 2.28. The van der Waals surface area contributed by atoms with E-state index in [4.69, 9.17) is 17.3 Å². The first-order chi connectivity index (χ1) is 8.08. The Balaban J connectivity index is 2.63. The van der Waals surface area contributed by atoms with Gasteiger partial charge in [0, 0.05) is 10.6 Å². The molecule has 3 N–H and O–H groups in total. The fourth-order valence-corrected chi connectivity index (χ4v) is 1.82. The third-order valence-corrected chi connectivity index (χ3v) is 2.64. The summed E-state index contributed by atoms with van der Waals surface area (Å²) in [6, 6.07) is 11.5. The average Bonchev–Trinajstić information content (AvgIpc) is 2.28. The topological polar surface area (TPSA) is 63.3 Å². The average molecular weight is 248 g/mol. The van der Waals surface area contributed by atoms with Gasteiger partial charge in [0.2, 0.25) is 5.91 Å². The van der Waals surface area contributed by atoms with E-state index in [9.17, 15) is 9.90 Å². The number of carbonyl (C=O) groups is 1. The normalized spacial score (nSPS) is 10.2. The van der Waals surface area contributed by atoms with Crippen LogP contribution >= 0.6 is 11.6 Å². The van der Waals surface area contributed by atoms with Crippen molar-refractivity contribution in [2.75, 3.05) is 0 Å². The lowest BCUT2D eigenvalue weighted by Crippen LogP contribution is -2.12. The van der Waals surface area contributed by atoms with Gasteiger partial charge in [0.05, 0.1) is 0 Å². The molecule has 86 valence electrons. The first kappa shape index (κ1) is 11.5. The number of hydrogen-bond donors (Lipinski definition) is 2. The molecule has 0 aliphatic rings. The molecular formula is C13H10ClNO2. The summed E-state index contributed by atoms with van der Waals surface area (Å²) >= 11 is 5.82. The number of phenolic OH excluding ortho intramolecular Hbond substituents is 1. The molecule has 2 aromatic rings. The molecule has 0 heterocycles. The summed E-state index contributed by atoms with van der Waals surface area (Å²) in [5, 5.41) is 9.86. The summed E-state index contributed by atoms with van der Waals surface area (Å²) in [6.07, 6.45) is 0. The lowest BCUT2D eigenvalue weighted by Gasteiger charge is -2.07. The number of halogens is 1. The standard InChI is InChI=1S/C13H10ClNO2/c14-9-4-5-11(12(7-9)13(15)17)8-2-1-3-10(16)6-8/h1-7,16H,(H2,15,17). The Kier molecular flexibility index (Phi) is 3.02. The number of aromatic hydroxyl groups is 1. The molecule has 0 aliphatic heterocycles. The van der Waals surface area contributed by atoms with Crippen molar-refractivity contribution in [3.8, 4) is 16.9 Å². The molecule has 0 unspecified atom stereocenters. The van der Waals surface area contributed by atoms with E-state index in [1.807, 2.05) is 0 Å². The zero-order valence-corrected chi connectivity index (χ0v) is 9.61. The van der Waals surface area contributed by atoms with Gasteiger partial charge in [-0.15, -0.1) is 0 Å². The van der Waals surface area contributed by atoms with E-state index >= 15 is 0 Å². The molecule has 1 amide bonds. The zero-order valence-electron chi connectivity index (χ0n) is 8.85. The number of benzene rings is 2. The second kappa shape index (κ2) is 4.47. The van der Waals surface area contributed by atoms with Crippen LogP contribution in [0.2, 0.25) is 5.02 Å². The molecule has 17 heavy (non-hydrogen) atoms. The van der Waals surface area contributed by atoms with Crippen LogP contribution < -0.4 is 5.73 Å². The van der Waals surface area contributed by atoms with E-state index < -0.39 is 5.91 Å². The Morgan fingerprint density at radius 1 is 1.18 bits per heavy atom. The molecular weight excluding hydrogens is 238 g/mol. The third-order valence-electron chi connectivity index (χ3n) is 2.40. The monoisotopic (exact) mass is 247 g/mol. The fraction of sp³-hybridized carbons (Fsp3) is 0. The quantitative estimate of drug-likeness (QED) is 0.857. The summed E-state index contributed by atoms with van der Waals surface area (Å²) in [7, 11) is 0. The number of amides is 1. The van der Waals surface area contributed by atoms with Crippen LogP contribution in [0.25, 0.3) is 11.1 Å². The molecule has 0 aliphatic carbocycles. The largest absolute Gasteiger partial charge is 0.508 e. The van der Waals surface area contributed by atoms with E-state index in [1.165, 1.54) is 6.07 Å². The van der Waals surface area contributed by atoms with Crippen LogP contribution in [-0.4, -0.2) is 11.0 Å². The van der Waals surface area contributed by atoms with Crippen molar-refractivity contribution >= 4 is 17.5 Å². The van der Waals surface area contributed by atoms with Crippen LogP contribution in [0.5, 0.6) is 5.75 Å². The third kappa shape index (κ3) is 2.40. The number of nitrogens with two attached hydrogens (primary N) is 1. The first-order valence-corrected chi connectivity index (χ1v) is 5.34. The molecule has 0 spiro atoms. The molecule has 0 radical (unpaired) electrons. The minimum atomic E-state index is -0.550. The second-order valence-corrected chi connectivity index (χ2v) is 4.04. The van der Waals surface area contributed by atoms with Gasteiger partial charge in [0.25, 0.3) is 0 Å². The van der Waals surface area contributed by atoms with E-state index in [1.54, 1.807) is 36.4 Å². The van der Waals surface area contributed by atoms with Crippen LogP contribution in [0, 0.1) is 0 Å². The Bertz CT molecular complexity index is 581. The first-order valence-electron chi connectivity index (χ1n) is 4.96. The van der Waals surface area contributed by atoms with Gasteiger partial charge < -0.3 is 10.8 Å². The molecule has 2 rings (SSSR count). The van der Waals surface area contributed by atoms with E-state index in [0.717, 1.165) is 5.56 Å². The Morgan fingerprint density at radius 2 is 1.94 bits per heavy atom.